The Morgan fingerprint density at radius 3 is 2.63 bits per heavy atom. The first-order valence-corrected chi connectivity index (χ1v) is 7.36. The van der Waals surface area contributed by atoms with Crippen molar-refractivity contribution < 1.29 is 14.3 Å². The Hall–Kier alpha value is -1.10. The van der Waals surface area contributed by atoms with Crippen molar-refractivity contribution >= 4 is 11.8 Å². The van der Waals surface area contributed by atoms with Crippen LogP contribution >= 0.6 is 0 Å². The van der Waals surface area contributed by atoms with E-state index >= 15 is 0 Å². The summed E-state index contributed by atoms with van der Waals surface area (Å²) in [5.41, 5.74) is 0. The average molecular weight is 268 g/mol. The Bertz CT molecular complexity index is 340. The van der Waals surface area contributed by atoms with E-state index in [-0.39, 0.29) is 23.9 Å². The second-order valence-corrected chi connectivity index (χ2v) is 5.45. The first kappa shape index (κ1) is 14.3. The minimum atomic E-state index is -0.387. The van der Waals surface area contributed by atoms with Gasteiger partial charge in [-0.3, -0.25) is 9.59 Å². The van der Waals surface area contributed by atoms with Crippen molar-refractivity contribution in [3.8, 4) is 0 Å². The van der Waals surface area contributed by atoms with Gasteiger partial charge >= 0.3 is 0 Å². The van der Waals surface area contributed by atoms with Crippen molar-refractivity contribution in [2.24, 2.45) is 0 Å². The number of carbonyl (C=O) groups is 2. The van der Waals surface area contributed by atoms with Gasteiger partial charge in [0.25, 0.3) is 0 Å². The zero-order valence-corrected chi connectivity index (χ0v) is 11.9. The van der Waals surface area contributed by atoms with Crippen LogP contribution in [0.2, 0.25) is 0 Å². The van der Waals surface area contributed by atoms with Gasteiger partial charge in [0.05, 0.1) is 12.7 Å². The molecule has 1 aliphatic heterocycles. The zero-order chi connectivity index (χ0) is 13.8. The summed E-state index contributed by atoms with van der Waals surface area (Å²) >= 11 is 0. The van der Waals surface area contributed by atoms with E-state index in [4.69, 9.17) is 4.74 Å². The summed E-state index contributed by atoms with van der Waals surface area (Å²) in [7, 11) is 0. The van der Waals surface area contributed by atoms with E-state index < -0.39 is 0 Å². The zero-order valence-electron chi connectivity index (χ0n) is 11.9. The smallest absolute Gasteiger partial charge is 0.245 e. The minimum Gasteiger partial charge on any atom is -0.376 e. The van der Waals surface area contributed by atoms with E-state index in [2.05, 4.69) is 5.32 Å². The molecule has 0 aromatic heterocycles. The molecule has 5 heteroatoms. The van der Waals surface area contributed by atoms with Crippen LogP contribution in [0.15, 0.2) is 0 Å². The van der Waals surface area contributed by atoms with Gasteiger partial charge in [-0.1, -0.05) is 19.8 Å². The normalized spacial score (nSPS) is 28.8. The first-order chi connectivity index (χ1) is 9.13. The lowest BCUT2D eigenvalue weighted by Gasteiger charge is -2.37. The van der Waals surface area contributed by atoms with Gasteiger partial charge in [0.15, 0.2) is 0 Å². The molecule has 19 heavy (non-hydrogen) atoms. The van der Waals surface area contributed by atoms with Gasteiger partial charge in [0.1, 0.15) is 12.1 Å². The van der Waals surface area contributed by atoms with Crippen molar-refractivity contribution in [1.29, 1.82) is 0 Å². The Kier molecular flexibility index (Phi) is 4.80. The summed E-state index contributed by atoms with van der Waals surface area (Å²) in [5.74, 6) is -0.0445. The Balaban J connectivity index is 1.85. The van der Waals surface area contributed by atoms with Gasteiger partial charge in [0, 0.05) is 6.54 Å². The van der Waals surface area contributed by atoms with Gasteiger partial charge in [-0.2, -0.15) is 0 Å². The highest BCUT2D eigenvalue weighted by Gasteiger charge is 2.36. The maximum atomic E-state index is 12.2. The molecule has 2 unspecified atom stereocenters. The summed E-state index contributed by atoms with van der Waals surface area (Å²) in [6.07, 6.45) is 5.72. The maximum Gasteiger partial charge on any atom is 0.245 e. The third-order valence-corrected chi connectivity index (χ3v) is 4.14. The standard InChI is InChI=1S/C14H24N2O3/c1-3-12-14(18)16(10(2)13(17)15-12)8-9-19-11-6-4-5-7-11/h10-12H,3-9H2,1-2H3,(H,15,17). The van der Waals surface area contributed by atoms with E-state index in [9.17, 15) is 9.59 Å². The number of piperazine rings is 1. The second-order valence-electron chi connectivity index (χ2n) is 5.45. The molecule has 2 fully saturated rings. The van der Waals surface area contributed by atoms with Crippen molar-refractivity contribution in [3.05, 3.63) is 0 Å². The summed E-state index contributed by atoms with van der Waals surface area (Å²) in [6, 6.07) is -0.752. The largest absolute Gasteiger partial charge is 0.376 e. The number of ether oxygens (including phenoxy) is 1. The third kappa shape index (κ3) is 3.26. The highest BCUT2D eigenvalue weighted by Crippen LogP contribution is 2.21. The number of nitrogens with zero attached hydrogens (tertiary/aromatic N) is 1. The van der Waals surface area contributed by atoms with Gasteiger partial charge < -0.3 is 15.0 Å². The molecule has 1 saturated carbocycles. The monoisotopic (exact) mass is 268 g/mol. The molecular weight excluding hydrogens is 244 g/mol. The minimum absolute atomic E-state index is 0.0182. The van der Waals surface area contributed by atoms with Gasteiger partial charge in [0.2, 0.25) is 11.8 Å². The molecule has 0 aromatic carbocycles. The fourth-order valence-corrected chi connectivity index (χ4v) is 2.84. The average Bonchev–Trinajstić information content (AvgIpc) is 2.91. The molecule has 0 aromatic rings. The molecule has 1 aliphatic carbocycles. The summed E-state index contributed by atoms with van der Waals surface area (Å²) in [6.45, 7) is 4.73. The van der Waals surface area contributed by atoms with Crippen molar-refractivity contribution in [3.63, 3.8) is 0 Å². The van der Waals surface area contributed by atoms with Crippen LogP contribution in [-0.4, -0.2) is 48.1 Å². The van der Waals surface area contributed by atoms with E-state index in [0.29, 0.717) is 25.7 Å². The van der Waals surface area contributed by atoms with Crippen molar-refractivity contribution in [2.45, 2.75) is 64.1 Å². The Morgan fingerprint density at radius 1 is 1.32 bits per heavy atom. The van der Waals surface area contributed by atoms with Crippen LogP contribution in [0.4, 0.5) is 0 Å². The number of hydrogen-bond donors (Lipinski definition) is 1. The number of rotatable bonds is 5. The molecule has 0 spiro atoms. The van der Waals surface area contributed by atoms with E-state index in [1.165, 1.54) is 12.8 Å². The first-order valence-electron chi connectivity index (χ1n) is 7.36. The molecule has 5 nitrogen and oxygen atoms in total. The van der Waals surface area contributed by atoms with Gasteiger partial charge in [-0.15, -0.1) is 0 Å². The van der Waals surface area contributed by atoms with E-state index in [1.54, 1.807) is 11.8 Å². The molecule has 0 bridgehead atoms. The molecule has 2 aliphatic rings. The van der Waals surface area contributed by atoms with E-state index in [1.807, 2.05) is 6.92 Å². The molecule has 0 radical (unpaired) electrons. The van der Waals surface area contributed by atoms with Crippen LogP contribution in [0.5, 0.6) is 0 Å². The summed E-state index contributed by atoms with van der Waals surface area (Å²) in [5, 5.41) is 2.76. The Labute approximate surface area is 114 Å². The van der Waals surface area contributed by atoms with Crippen LogP contribution in [0, 0.1) is 0 Å². The topological polar surface area (TPSA) is 58.6 Å². The van der Waals surface area contributed by atoms with Gasteiger partial charge in [-0.25, -0.2) is 0 Å². The molecule has 1 saturated heterocycles. The summed E-state index contributed by atoms with van der Waals surface area (Å²) in [4.78, 5) is 25.6. The molecule has 2 atom stereocenters. The predicted molar refractivity (Wildman–Crippen MR) is 71.6 cm³/mol. The SMILES string of the molecule is CCC1NC(=O)C(C)N(CCOC2CCCC2)C1=O. The van der Waals surface area contributed by atoms with E-state index in [0.717, 1.165) is 12.8 Å². The van der Waals surface area contributed by atoms with Gasteiger partial charge in [-0.05, 0) is 26.2 Å². The summed E-state index contributed by atoms with van der Waals surface area (Å²) < 4.78 is 5.78. The predicted octanol–water partition coefficient (Wildman–Crippen LogP) is 1.07. The number of carbonyl (C=O) groups excluding carboxylic acids is 2. The lowest BCUT2D eigenvalue weighted by Crippen LogP contribution is -2.62. The molecule has 108 valence electrons. The highest BCUT2D eigenvalue weighted by atomic mass is 16.5. The number of nitrogens with one attached hydrogen (secondary N) is 1. The van der Waals surface area contributed by atoms with Crippen LogP contribution in [0.3, 0.4) is 0 Å². The van der Waals surface area contributed by atoms with Crippen LogP contribution in [-0.2, 0) is 14.3 Å². The molecule has 1 N–H and O–H groups in total. The van der Waals surface area contributed by atoms with Crippen LogP contribution in [0.25, 0.3) is 0 Å². The molecular formula is C14H24N2O3. The number of amides is 2. The maximum absolute atomic E-state index is 12.2. The highest BCUT2D eigenvalue weighted by molar-refractivity contribution is 5.96. The molecule has 2 amide bonds. The van der Waals surface area contributed by atoms with Crippen molar-refractivity contribution in [2.75, 3.05) is 13.2 Å². The van der Waals surface area contributed by atoms with Crippen LogP contribution < -0.4 is 5.32 Å². The van der Waals surface area contributed by atoms with Crippen LogP contribution in [0.1, 0.15) is 46.0 Å². The fourth-order valence-electron chi connectivity index (χ4n) is 2.84. The van der Waals surface area contributed by atoms with Crippen molar-refractivity contribution in [1.82, 2.24) is 10.2 Å². The lowest BCUT2D eigenvalue weighted by molar-refractivity contribution is -0.149. The third-order valence-electron chi connectivity index (χ3n) is 4.14. The second kappa shape index (κ2) is 6.37. The quantitative estimate of drug-likeness (QED) is 0.811. The lowest BCUT2D eigenvalue weighted by atomic mass is 10.1. The fraction of sp³-hybridized carbons (Fsp3) is 0.857. The Morgan fingerprint density at radius 2 is 2.00 bits per heavy atom. The molecule has 2 rings (SSSR count). The molecule has 1 heterocycles. The number of hydrogen-bond acceptors (Lipinski definition) is 3.